The molecule has 0 bridgehead atoms. The van der Waals surface area contributed by atoms with Crippen LogP contribution in [0.4, 0.5) is 0 Å². The largest absolute Gasteiger partial charge is 0.372 e. The second-order valence-corrected chi connectivity index (χ2v) is 3.98. The van der Waals surface area contributed by atoms with E-state index in [4.69, 9.17) is 4.74 Å². The monoisotopic (exact) mass is 198 g/mol. The summed E-state index contributed by atoms with van der Waals surface area (Å²) in [7, 11) is 0. The Hall–Kier alpha value is -0.810. The lowest BCUT2D eigenvalue weighted by Crippen LogP contribution is -2.11. The third kappa shape index (κ3) is 2.32. The van der Waals surface area contributed by atoms with Crippen LogP contribution in [0.25, 0.3) is 0 Å². The molecule has 0 aliphatic carbocycles. The first kappa shape index (κ1) is 8.77. The molecule has 1 atom stereocenters. The summed E-state index contributed by atoms with van der Waals surface area (Å²) in [5.41, 5.74) is 0.584. The maximum absolute atomic E-state index is 11.2. The van der Waals surface area contributed by atoms with Crippen LogP contribution in [0.3, 0.4) is 0 Å². The van der Waals surface area contributed by atoms with Crippen LogP contribution in [0.5, 0.6) is 0 Å². The fraction of sp³-hybridized carbons (Fsp3) is 0.500. The number of thioether (sulfide) groups is 1. The highest BCUT2D eigenvalue weighted by Gasteiger charge is 2.22. The Kier molecular flexibility index (Phi) is 2.37. The first-order valence-corrected chi connectivity index (χ1v) is 5.04. The van der Waals surface area contributed by atoms with Crippen molar-refractivity contribution < 1.29 is 4.74 Å². The van der Waals surface area contributed by atoms with E-state index < -0.39 is 0 Å². The number of aromatic nitrogens is 2. The van der Waals surface area contributed by atoms with Crippen LogP contribution in [-0.4, -0.2) is 28.4 Å². The van der Waals surface area contributed by atoms with Crippen LogP contribution in [-0.2, 0) is 4.74 Å². The van der Waals surface area contributed by atoms with E-state index in [2.05, 4.69) is 9.97 Å². The molecule has 1 aromatic heterocycles. The topological polar surface area (TPSA) is 58.3 Å². The van der Waals surface area contributed by atoms with Gasteiger partial charge < -0.3 is 9.72 Å². The molecule has 2 rings (SSSR count). The molecular formula is C8H10N2O2S. The molecule has 4 nitrogen and oxygen atoms in total. The average Bonchev–Trinajstić information content (AvgIpc) is 2.91. The van der Waals surface area contributed by atoms with Gasteiger partial charge in [0.15, 0.2) is 5.16 Å². The lowest BCUT2D eigenvalue weighted by Gasteiger charge is -1.97. The van der Waals surface area contributed by atoms with E-state index >= 15 is 0 Å². The molecule has 1 saturated heterocycles. The van der Waals surface area contributed by atoms with Crippen molar-refractivity contribution in [1.29, 1.82) is 0 Å². The molecule has 0 amide bonds. The van der Waals surface area contributed by atoms with Crippen LogP contribution in [0, 0.1) is 6.92 Å². The van der Waals surface area contributed by atoms with Crippen molar-refractivity contribution in [1.82, 2.24) is 9.97 Å². The minimum Gasteiger partial charge on any atom is -0.372 e. The SMILES string of the molecule is Cc1cnc(SC[C@@H]2CO2)[nH]c1=O. The molecule has 0 aromatic carbocycles. The number of ether oxygens (including phenoxy) is 1. The van der Waals surface area contributed by atoms with Gasteiger partial charge in [-0.25, -0.2) is 4.98 Å². The van der Waals surface area contributed by atoms with E-state index in [0.717, 1.165) is 12.4 Å². The van der Waals surface area contributed by atoms with Gasteiger partial charge in [-0.1, -0.05) is 11.8 Å². The van der Waals surface area contributed by atoms with Gasteiger partial charge in [0.05, 0.1) is 12.7 Å². The predicted octanol–water partition coefficient (Wildman–Crippen LogP) is 0.569. The average molecular weight is 198 g/mol. The van der Waals surface area contributed by atoms with Crippen LogP contribution >= 0.6 is 11.8 Å². The quantitative estimate of drug-likeness (QED) is 0.438. The molecule has 5 heteroatoms. The van der Waals surface area contributed by atoms with Gasteiger partial charge in [-0.2, -0.15) is 0 Å². The number of hydrogen-bond donors (Lipinski definition) is 1. The lowest BCUT2D eigenvalue weighted by atomic mass is 10.4. The van der Waals surface area contributed by atoms with E-state index in [1.54, 1.807) is 13.1 Å². The molecule has 0 unspecified atom stereocenters. The fourth-order valence-electron chi connectivity index (χ4n) is 0.852. The molecule has 1 aromatic rings. The number of H-pyrrole nitrogens is 1. The third-order valence-corrected chi connectivity index (χ3v) is 2.78. The Morgan fingerprint density at radius 3 is 3.23 bits per heavy atom. The highest BCUT2D eigenvalue weighted by Crippen LogP contribution is 2.19. The van der Waals surface area contributed by atoms with Crippen LogP contribution in [0.15, 0.2) is 16.1 Å². The summed E-state index contributed by atoms with van der Waals surface area (Å²) >= 11 is 1.52. The van der Waals surface area contributed by atoms with E-state index in [1.165, 1.54) is 11.8 Å². The Balaban J connectivity index is 2.03. The summed E-state index contributed by atoms with van der Waals surface area (Å²) in [5.74, 6) is 0.867. The normalized spacial score (nSPS) is 20.2. The zero-order valence-corrected chi connectivity index (χ0v) is 8.06. The van der Waals surface area contributed by atoms with Crippen molar-refractivity contribution >= 4 is 11.8 Å². The van der Waals surface area contributed by atoms with Crippen LogP contribution in [0.1, 0.15) is 5.56 Å². The molecule has 1 aliphatic rings. The molecule has 1 fully saturated rings. The van der Waals surface area contributed by atoms with Gasteiger partial charge in [-0.15, -0.1) is 0 Å². The minimum atomic E-state index is -0.0609. The first-order valence-electron chi connectivity index (χ1n) is 4.06. The van der Waals surface area contributed by atoms with Gasteiger partial charge in [-0.05, 0) is 6.92 Å². The van der Waals surface area contributed by atoms with Gasteiger partial charge >= 0.3 is 0 Å². The second kappa shape index (κ2) is 3.51. The molecule has 2 heterocycles. The smallest absolute Gasteiger partial charge is 0.254 e. The minimum absolute atomic E-state index is 0.0609. The van der Waals surface area contributed by atoms with Crippen molar-refractivity contribution in [3.63, 3.8) is 0 Å². The van der Waals surface area contributed by atoms with E-state index in [0.29, 0.717) is 16.8 Å². The second-order valence-electron chi connectivity index (χ2n) is 2.97. The Morgan fingerprint density at radius 2 is 2.62 bits per heavy atom. The molecule has 0 radical (unpaired) electrons. The highest BCUT2D eigenvalue weighted by molar-refractivity contribution is 7.99. The van der Waals surface area contributed by atoms with E-state index in [-0.39, 0.29) is 5.56 Å². The van der Waals surface area contributed by atoms with Crippen molar-refractivity contribution in [3.8, 4) is 0 Å². The number of aromatic amines is 1. The van der Waals surface area contributed by atoms with Crippen LogP contribution < -0.4 is 5.56 Å². The Bertz CT molecular complexity index is 359. The zero-order chi connectivity index (χ0) is 9.26. The molecule has 1 aliphatic heterocycles. The number of nitrogens with one attached hydrogen (secondary N) is 1. The van der Waals surface area contributed by atoms with Crippen molar-refractivity contribution in [2.45, 2.75) is 18.2 Å². The summed E-state index contributed by atoms with van der Waals surface area (Å²) in [6, 6.07) is 0. The molecule has 0 spiro atoms. The summed E-state index contributed by atoms with van der Waals surface area (Å²) in [4.78, 5) is 18.0. The van der Waals surface area contributed by atoms with Crippen molar-refractivity contribution in [2.75, 3.05) is 12.4 Å². The molecule has 13 heavy (non-hydrogen) atoms. The number of epoxide rings is 1. The summed E-state index contributed by atoms with van der Waals surface area (Å²) in [5, 5.41) is 0.672. The third-order valence-electron chi connectivity index (χ3n) is 1.76. The maximum Gasteiger partial charge on any atom is 0.254 e. The van der Waals surface area contributed by atoms with Crippen molar-refractivity contribution in [2.24, 2.45) is 0 Å². The fourth-order valence-corrected chi connectivity index (χ4v) is 1.68. The predicted molar refractivity (Wildman–Crippen MR) is 50.1 cm³/mol. The molecule has 70 valence electrons. The number of nitrogens with zero attached hydrogens (tertiary/aromatic N) is 1. The van der Waals surface area contributed by atoms with Gasteiger partial charge in [0.25, 0.3) is 5.56 Å². The maximum atomic E-state index is 11.2. The summed E-state index contributed by atoms with van der Waals surface area (Å²) < 4.78 is 5.04. The summed E-state index contributed by atoms with van der Waals surface area (Å²) in [6.45, 7) is 2.58. The number of rotatable bonds is 3. The molecule has 0 saturated carbocycles. The van der Waals surface area contributed by atoms with Crippen LogP contribution in [0.2, 0.25) is 0 Å². The first-order chi connectivity index (χ1) is 6.25. The lowest BCUT2D eigenvalue weighted by molar-refractivity contribution is 0.426. The summed E-state index contributed by atoms with van der Waals surface area (Å²) in [6.07, 6.45) is 1.95. The van der Waals surface area contributed by atoms with E-state index in [9.17, 15) is 4.79 Å². The number of hydrogen-bond acceptors (Lipinski definition) is 4. The van der Waals surface area contributed by atoms with E-state index in [1.807, 2.05) is 0 Å². The van der Waals surface area contributed by atoms with Gasteiger partial charge in [-0.3, -0.25) is 4.79 Å². The highest BCUT2D eigenvalue weighted by atomic mass is 32.2. The Morgan fingerprint density at radius 1 is 1.85 bits per heavy atom. The Labute approximate surface area is 79.7 Å². The van der Waals surface area contributed by atoms with Gasteiger partial charge in [0.1, 0.15) is 0 Å². The number of aryl methyl sites for hydroxylation is 1. The van der Waals surface area contributed by atoms with Gasteiger partial charge in [0, 0.05) is 17.5 Å². The van der Waals surface area contributed by atoms with Crippen molar-refractivity contribution in [3.05, 3.63) is 22.1 Å². The molecular weight excluding hydrogens is 188 g/mol. The zero-order valence-electron chi connectivity index (χ0n) is 7.24. The molecule has 1 N–H and O–H groups in total. The van der Waals surface area contributed by atoms with Gasteiger partial charge in [0.2, 0.25) is 0 Å². The standard InChI is InChI=1S/C8H10N2O2S/c1-5-2-9-8(10-7(5)11)13-4-6-3-12-6/h2,6H,3-4H2,1H3,(H,9,10,11)/t6-/m0/s1.